The van der Waals surface area contributed by atoms with E-state index < -0.39 is 0 Å². The summed E-state index contributed by atoms with van der Waals surface area (Å²) in [6.45, 7) is 4.28. The second kappa shape index (κ2) is 7.87. The second-order valence-electron chi connectivity index (χ2n) is 6.15. The molecule has 1 amide bonds. The zero-order chi connectivity index (χ0) is 18.5. The molecule has 0 aliphatic heterocycles. The van der Waals surface area contributed by atoms with Crippen LogP contribution in [0.15, 0.2) is 53.1 Å². The normalized spacial score (nSPS) is 10.6. The average molecular weight is 350 g/mol. The molecule has 0 saturated heterocycles. The van der Waals surface area contributed by atoms with Gasteiger partial charge in [0.05, 0.1) is 7.11 Å². The molecule has 0 aliphatic rings. The maximum Gasteiger partial charge on any atom is 0.257 e. The molecule has 0 aliphatic carbocycles. The summed E-state index contributed by atoms with van der Waals surface area (Å²) in [6.07, 6.45) is 0.682. The monoisotopic (exact) mass is 350 g/mol. The van der Waals surface area contributed by atoms with E-state index >= 15 is 0 Å². The van der Waals surface area contributed by atoms with Gasteiger partial charge in [0.2, 0.25) is 0 Å². The number of hydrogen-bond acceptors (Lipinski definition) is 4. The van der Waals surface area contributed by atoms with Gasteiger partial charge in [0.1, 0.15) is 22.8 Å². The van der Waals surface area contributed by atoms with Crippen LogP contribution in [-0.2, 0) is 6.42 Å². The van der Waals surface area contributed by atoms with E-state index in [1.165, 1.54) is 0 Å². The maximum absolute atomic E-state index is 12.7. The van der Waals surface area contributed by atoms with Crippen molar-refractivity contribution in [2.45, 2.75) is 20.3 Å². The largest absolute Gasteiger partial charge is 0.496 e. The first-order valence-electron chi connectivity index (χ1n) is 8.53. The molecular weight excluding hydrogens is 328 g/mol. The predicted octanol–water partition coefficient (Wildman–Crippen LogP) is 3.94. The molecule has 0 bridgehead atoms. The molecule has 1 aromatic heterocycles. The summed E-state index contributed by atoms with van der Waals surface area (Å²) in [4.78, 5) is 12.7. The lowest BCUT2D eigenvalue weighted by molar-refractivity contribution is 0.0953. The standard InChI is InChI=1S/C21H22N2O3/c1-14-9-10-18(25-3)17(13-14)11-12-22-21(24)19-15(2)26-23-20(19)16-7-5-4-6-8-16/h4-10,13H,11-12H2,1-3H3,(H,22,24). The van der Waals surface area contributed by atoms with Gasteiger partial charge < -0.3 is 14.6 Å². The van der Waals surface area contributed by atoms with E-state index in [1.54, 1.807) is 14.0 Å². The number of aryl methyl sites for hydroxylation is 2. The minimum absolute atomic E-state index is 0.186. The SMILES string of the molecule is COc1ccc(C)cc1CCNC(=O)c1c(-c2ccccc2)noc1C. The molecule has 0 spiro atoms. The summed E-state index contributed by atoms with van der Waals surface area (Å²) in [5.41, 5.74) is 4.13. The molecule has 3 rings (SSSR count). The van der Waals surface area contributed by atoms with Gasteiger partial charge in [0.25, 0.3) is 5.91 Å². The minimum atomic E-state index is -0.186. The Labute approximate surface area is 153 Å². The van der Waals surface area contributed by atoms with E-state index in [-0.39, 0.29) is 5.91 Å². The van der Waals surface area contributed by atoms with Gasteiger partial charge in [-0.3, -0.25) is 4.79 Å². The Hall–Kier alpha value is -3.08. The van der Waals surface area contributed by atoms with Gasteiger partial charge >= 0.3 is 0 Å². The van der Waals surface area contributed by atoms with Crippen molar-refractivity contribution in [2.24, 2.45) is 0 Å². The highest BCUT2D eigenvalue weighted by Gasteiger charge is 2.21. The lowest BCUT2D eigenvalue weighted by Crippen LogP contribution is -2.26. The van der Waals surface area contributed by atoms with Crippen molar-refractivity contribution < 1.29 is 14.1 Å². The Kier molecular flexibility index (Phi) is 5.37. The van der Waals surface area contributed by atoms with E-state index in [0.29, 0.717) is 30.0 Å². The molecule has 0 fully saturated rings. The van der Waals surface area contributed by atoms with E-state index in [1.807, 2.05) is 49.4 Å². The van der Waals surface area contributed by atoms with Gasteiger partial charge in [-0.05, 0) is 31.9 Å². The Morgan fingerprint density at radius 1 is 1.15 bits per heavy atom. The number of ether oxygens (including phenoxy) is 1. The van der Waals surface area contributed by atoms with Crippen LogP contribution in [-0.4, -0.2) is 24.7 Å². The zero-order valence-electron chi connectivity index (χ0n) is 15.2. The highest BCUT2D eigenvalue weighted by atomic mass is 16.5. The summed E-state index contributed by atoms with van der Waals surface area (Å²) < 4.78 is 10.6. The van der Waals surface area contributed by atoms with Crippen molar-refractivity contribution in [3.8, 4) is 17.0 Å². The number of benzene rings is 2. The molecule has 26 heavy (non-hydrogen) atoms. The summed E-state index contributed by atoms with van der Waals surface area (Å²) in [5.74, 6) is 1.15. The van der Waals surface area contributed by atoms with Crippen molar-refractivity contribution in [3.63, 3.8) is 0 Å². The fourth-order valence-electron chi connectivity index (χ4n) is 2.93. The quantitative estimate of drug-likeness (QED) is 0.731. The fourth-order valence-corrected chi connectivity index (χ4v) is 2.93. The number of nitrogens with zero attached hydrogens (tertiary/aromatic N) is 1. The number of aromatic nitrogens is 1. The Bertz CT molecular complexity index is 901. The highest BCUT2D eigenvalue weighted by Crippen LogP contribution is 2.25. The fraction of sp³-hybridized carbons (Fsp3) is 0.238. The average Bonchev–Trinajstić information content (AvgIpc) is 3.04. The van der Waals surface area contributed by atoms with Crippen molar-refractivity contribution in [1.82, 2.24) is 10.5 Å². The van der Waals surface area contributed by atoms with Crippen molar-refractivity contribution in [3.05, 3.63) is 71.0 Å². The Morgan fingerprint density at radius 3 is 2.65 bits per heavy atom. The third-order valence-corrected chi connectivity index (χ3v) is 4.25. The second-order valence-corrected chi connectivity index (χ2v) is 6.15. The molecule has 0 saturated carbocycles. The number of carbonyl (C=O) groups excluding carboxylic acids is 1. The van der Waals surface area contributed by atoms with E-state index in [0.717, 1.165) is 22.4 Å². The van der Waals surface area contributed by atoms with Gasteiger partial charge in [-0.15, -0.1) is 0 Å². The molecule has 134 valence electrons. The number of hydrogen-bond donors (Lipinski definition) is 1. The lowest BCUT2D eigenvalue weighted by atomic mass is 10.1. The van der Waals surface area contributed by atoms with E-state index in [9.17, 15) is 4.79 Å². The van der Waals surface area contributed by atoms with Crippen LogP contribution in [0.2, 0.25) is 0 Å². The summed E-state index contributed by atoms with van der Waals surface area (Å²) >= 11 is 0. The molecule has 0 atom stereocenters. The Balaban J connectivity index is 1.72. The first kappa shape index (κ1) is 17.7. The van der Waals surface area contributed by atoms with Crippen LogP contribution in [0.5, 0.6) is 5.75 Å². The zero-order valence-corrected chi connectivity index (χ0v) is 15.2. The first-order valence-corrected chi connectivity index (χ1v) is 8.53. The topological polar surface area (TPSA) is 64.4 Å². The van der Waals surface area contributed by atoms with Crippen molar-refractivity contribution >= 4 is 5.91 Å². The van der Waals surface area contributed by atoms with Crippen molar-refractivity contribution in [2.75, 3.05) is 13.7 Å². The van der Waals surface area contributed by atoms with Crippen LogP contribution in [0, 0.1) is 13.8 Å². The molecule has 5 heteroatoms. The Morgan fingerprint density at radius 2 is 1.92 bits per heavy atom. The minimum Gasteiger partial charge on any atom is -0.496 e. The number of nitrogens with one attached hydrogen (secondary N) is 1. The number of rotatable bonds is 6. The number of amides is 1. The molecule has 5 nitrogen and oxygen atoms in total. The third kappa shape index (κ3) is 3.77. The molecular formula is C21H22N2O3. The van der Waals surface area contributed by atoms with Crippen LogP contribution >= 0.6 is 0 Å². The van der Waals surface area contributed by atoms with Gasteiger partial charge in [-0.25, -0.2) is 0 Å². The van der Waals surface area contributed by atoms with Gasteiger partial charge in [0.15, 0.2) is 0 Å². The maximum atomic E-state index is 12.7. The molecule has 0 unspecified atom stereocenters. The van der Waals surface area contributed by atoms with Crippen LogP contribution in [0.3, 0.4) is 0 Å². The smallest absolute Gasteiger partial charge is 0.257 e. The highest BCUT2D eigenvalue weighted by molar-refractivity contribution is 6.00. The van der Waals surface area contributed by atoms with E-state index in [2.05, 4.69) is 16.5 Å². The lowest BCUT2D eigenvalue weighted by Gasteiger charge is -2.10. The van der Waals surface area contributed by atoms with Gasteiger partial charge in [-0.2, -0.15) is 0 Å². The van der Waals surface area contributed by atoms with Crippen LogP contribution in [0.4, 0.5) is 0 Å². The molecule has 1 N–H and O–H groups in total. The van der Waals surface area contributed by atoms with Crippen molar-refractivity contribution in [1.29, 1.82) is 0 Å². The van der Waals surface area contributed by atoms with E-state index in [4.69, 9.17) is 9.26 Å². The molecule has 3 aromatic rings. The number of carbonyl (C=O) groups is 1. The molecule has 2 aromatic carbocycles. The molecule has 0 radical (unpaired) electrons. The third-order valence-electron chi connectivity index (χ3n) is 4.25. The first-order chi connectivity index (χ1) is 12.6. The van der Waals surface area contributed by atoms with Crippen LogP contribution < -0.4 is 10.1 Å². The number of methoxy groups -OCH3 is 1. The summed E-state index contributed by atoms with van der Waals surface area (Å²) in [7, 11) is 1.65. The van der Waals surface area contributed by atoms with Gasteiger partial charge in [0, 0.05) is 12.1 Å². The summed E-state index contributed by atoms with van der Waals surface area (Å²) in [5, 5.41) is 7.02. The predicted molar refractivity (Wildman–Crippen MR) is 100 cm³/mol. The summed E-state index contributed by atoms with van der Waals surface area (Å²) in [6, 6.07) is 15.6. The van der Waals surface area contributed by atoms with Gasteiger partial charge in [-0.1, -0.05) is 53.2 Å². The van der Waals surface area contributed by atoms with Crippen LogP contribution in [0.1, 0.15) is 27.2 Å². The van der Waals surface area contributed by atoms with Crippen LogP contribution in [0.25, 0.3) is 11.3 Å². The molecule has 1 heterocycles.